The van der Waals surface area contributed by atoms with Crippen LogP contribution in [0.25, 0.3) is 0 Å². The zero-order valence-corrected chi connectivity index (χ0v) is 11.4. The summed E-state index contributed by atoms with van der Waals surface area (Å²) < 4.78 is 0. The third kappa shape index (κ3) is 3.94. The molecular weight excluding hydrogens is 258 g/mol. The molecule has 2 rings (SSSR count). The lowest BCUT2D eigenvalue weighted by atomic mass is 10.1. The molecule has 6 heteroatoms. The quantitative estimate of drug-likeness (QED) is 0.841. The van der Waals surface area contributed by atoms with Crippen LogP contribution in [0, 0.1) is 0 Å². The van der Waals surface area contributed by atoms with Crippen molar-refractivity contribution in [2.75, 3.05) is 19.6 Å². The lowest BCUT2D eigenvalue weighted by molar-refractivity contribution is -0.131. The summed E-state index contributed by atoms with van der Waals surface area (Å²) in [4.78, 5) is 38.8. The summed E-state index contributed by atoms with van der Waals surface area (Å²) in [6, 6.07) is 2.76. The van der Waals surface area contributed by atoms with E-state index >= 15 is 0 Å². The number of carbonyl (C=O) groups is 2. The second-order valence-corrected chi connectivity index (χ2v) is 4.89. The number of amides is 2. The molecule has 0 unspecified atom stereocenters. The SMILES string of the molecule is O=C(NCCC(=O)N1CCCCC1)c1ccc(=O)[nH]c1. The fourth-order valence-corrected chi connectivity index (χ4v) is 2.24. The maximum atomic E-state index is 11.9. The zero-order chi connectivity index (χ0) is 14.4. The molecule has 0 aromatic carbocycles. The van der Waals surface area contributed by atoms with Crippen molar-refractivity contribution in [3.05, 3.63) is 34.2 Å². The van der Waals surface area contributed by atoms with Gasteiger partial charge in [0.25, 0.3) is 5.91 Å². The van der Waals surface area contributed by atoms with Gasteiger partial charge in [0.15, 0.2) is 0 Å². The Morgan fingerprint density at radius 1 is 1.20 bits per heavy atom. The van der Waals surface area contributed by atoms with Crippen molar-refractivity contribution in [1.82, 2.24) is 15.2 Å². The van der Waals surface area contributed by atoms with Crippen molar-refractivity contribution in [1.29, 1.82) is 0 Å². The smallest absolute Gasteiger partial charge is 0.252 e. The number of hydrogen-bond donors (Lipinski definition) is 2. The highest BCUT2D eigenvalue weighted by atomic mass is 16.2. The van der Waals surface area contributed by atoms with Crippen molar-refractivity contribution >= 4 is 11.8 Å². The molecular formula is C14H19N3O3. The number of rotatable bonds is 4. The van der Waals surface area contributed by atoms with Crippen LogP contribution < -0.4 is 10.9 Å². The lowest BCUT2D eigenvalue weighted by Gasteiger charge is -2.26. The molecule has 20 heavy (non-hydrogen) atoms. The van der Waals surface area contributed by atoms with Gasteiger partial charge in [0.05, 0.1) is 5.56 Å². The number of H-pyrrole nitrogens is 1. The molecule has 6 nitrogen and oxygen atoms in total. The molecule has 1 aromatic rings. The van der Waals surface area contributed by atoms with E-state index < -0.39 is 0 Å². The molecule has 1 aliphatic heterocycles. The fraction of sp³-hybridized carbons (Fsp3) is 0.500. The van der Waals surface area contributed by atoms with Crippen LogP contribution in [0.5, 0.6) is 0 Å². The Bertz CT molecular complexity index is 512. The first-order valence-electron chi connectivity index (χ1n) is 6.91. The molecule has 1 aliphatic rings. The molecule has 2 amide bonds. The number of aromatic amines is 1. The van der Waals surface area contributed by atoms with Crippen LogP contribution in [0.4, 0.5) is 0 Å². The highest BCUT2D eigenvalue weighted by Gasteiger charge is 2.16. The highest BCUT2D eigenvalue weighted by molar-refractivity contribution is 5.94. The van der Waals surface area contributed by atoms with Gasteiger partial charge < -0.3 is 15.2 Å². The van der Waals surface area contributed by atoms with Gasteiger partial charge in [0.2, 0.25) is 11.5 Å². The summed E-state index contributed by atoms with van der Waals surface area (Å²) in [5.74, 6) is -0.195. The van der Waals surface area contributed by atoms with Gasteiger partial charge in [-0.2, -0.15) is 0 Å². The van der Waals surface area contributed by atoms with Gasteiger partial charge in [-0.15, -0.1) is 0 Å². The Morgan fingerprint density at radius 2 is 1.95 bits per heavy atom. The fourth-order valence-electron chi connectivity index (χ4n) is 2.24. The molecule has 1 saturated heterocycles. The largest absolute Gasteiger partial charge is 0.351 e. The topological polar surface area (TPSA) is 82.3 Å². The molecule has 0 radical (unpaired) electrons. The number of hydrogen-bond acceptors (Lipinski definition) is 3. The monoisotopic (exact) mass is 277 g/mol. The van der Waals surface area contributed by atoms with Crippen molar-refractivity contribution in [2.45, 2.75) is 25.7 Å². The summed E-state index contributed by atoms with van der Waals surface area (Å²) in [7, 11) is 0. The van der Waals surface area contributed by atoms with E-state index in [0.717, 1.165) is 25.9 Å². The number of likely N-dealkylation sites (tertiary alicyclic amines) is 1. The van der Waals surface area contributed by atoms with Gasteiger partial charge >= 0.3 is 0 Å². The minimum atomic E-state index is -0.285. The van der Waals surface area contributed by atoms with Crippen LogP contribution >= 0.6 is 0 Å². The van der Waals surface area contributed by atoms with Crippen molar-refractivity contribution in [2.24, 2.45) is 0 Å². The first-order chi connectivity index (χ1) is 9.66. The van der Waals surface area contributed by atoms with Crippen LogP contribution in [0.3, 0.4) is 0 Å². The normalized spacial score (nSPS) is 14.9. The number of aromatic nitrogens is 1. The minimum absolute atomic E-state index is 0.0893. The third-order valence-electron chi connectivity index (χ3n) is 3.38. The third-order valence-corrected chi connectivity index (χ3v) is 3.38. The van der Waals surface area contributed by atoms with E-state index in [1.807, 2.05) is 4.90 Å². The molecule has 108 valence electrons. The van der Waals surface area contributed by atoms with Gasteiger partial charge in [0.1, 0.15) is 0 Å². The van der Waals surface area contributed by atoms with Crippen molar-refractivity contribution in [3.8, 4) is 0 Å². The van der Waals surface area contributed by atoms with E-state index in [4.69, 9.17) is 0 Å². The molecule has 0 atom stereocenters. The number of piperidine rings is 1. The maximum absolute atomic E-state index is 11.9. The van der Waals surface area contributed by atoms with Crippen LogP contribution in [-0.4, -0.2) is 41.3 Å². The Morgan fingerprint density at radius 3 is 2.60 bits per heavy atom. The van der Waals surface area contributed by atoms with Gasteiger partial charge in [-0.3, -0.25) is 14.4 Å². The predicted octanol–water partition coefficient (Wildman–Crippen LogP) is 0.507. The minimum Gasteiger partial charge on any atom is -0.351 e. The molecule has 2 N–H and O–H groups in total. The molecule has 0 saturated carbocycles. The maximum Gasteiger partial charge on any atom is 0.252 e. The van der Waals surface area contributed by atoms with Gasteiger partial charge in [-0.1, -0.05) is 0 Å². The summed E-state index contributed by atoms with van der Waals surface area (Å²) in [6.07, 6.45) is 5.00. The first-order valence-corrected chi connectivity index (χ1v) is 6.91. The predicted molar refractivity (Wildman–Crippen MR) is 74.4 cm³/mol. The van der Waals surface area contributed by atoms with E-state index in [1.54, 1.807) is 0 Å². The van der Waals surface area contributed by atoms with Crippen LogP contribution in [0.1, 0.15) is 36.0 Å². The van der Waals surface area contributed by atoms with Crippen molar-refractivity contribution < 1.29 is 9.59 Å². The van der Waals surface area contributed by atoms with Crippen LogP contribution in [0.15, 0.2) is 23.1 Å². The van der Waals surface area contributed by atoms with Crippen molar-refractivity contribution in [3.63, 3.8) is 0 Å². The lowest BCUT2D eigenvalue weighted by Crippen LogP contribution is -2.37. The van der Waals surface area contributed by atoms with Crippen LogP contribution in [-0.2, 0) is 4.79 Å². The van der Waals surface area contributed by atoms with Gasteiger partial charge in [-0.25, -0.2) is 0 Å². The molecule has 0 spiro atoms. The molecule has 0 bridgehead atoms. The van der Waals surface area contributed by atoms with E-state index in [2.05, 4.69) is 10.3 Å². The number of nitrogens with one attached hydrogen (secondary N) is 2. The number of carbonyl (C=O) groups excluding carboxylic acids is 2. The molecule has 1 aromatic heterocycles. The summed E-state index contributed by atoms with van der Waals surface area (Å²) in [6.45, 7) is 1.96. The average Bonchev–Trinajstić information content (AvgIpc) is 2.48. The summed E-state index contributed by atoms with van der Waals surface area (Å²) >= 11 is 0. The Kier molecular flexibility index (Phi) is 4.92. The van der Waals surface area contributed by atoms with E-state index in [9.17, 15) is 14.4 Å². The second-order valence-electron chi connectivity index (χ2n) is 4.89. The van der Waals surface area contributed by atoms with E-state index in [1.165, 1.54) is 24.8 Å². The first kappa shape index (κ1) is 14.3. The second kappa shape index (κ2) is 6.88. The molecule has 1 fully saturated rings. The number of nitrogens with zero attached hydrogens (tertiary/aromatic N) is 1. The Balaban J connectivity index is 1.74. The van der Waals surface area contributed by atoms with Gasteiger partial charge in [-0.05, 0) is 25.3 Å². The number of pyridine rings is 1. The molecule has 0 aliphatic carbocycles. The van der Waals surface area contributed by atoms with E-state index in [-0.39, 0.29) is 17.4 Å². The Hall–Kier alpha value is -2.11. The van der Waals surface area contributed by atoms with E-state index in [0.29, 0.717) is 18.5 Å². The average molecular weight is 277 g/mol. The summed E-state index contributed by atoms with van der Waals surface area (Å²) in [5, 5.41) is 2.68. The summed E-state index contributed by atoms with van der Waals surface area (Å²) in [5.41, 5.74) is 0.136. The zero-order valence-electron chi connectivity index (χ0n) is 11.4. The Labute approximate surface area is 117 Å². The van der Waals surface area contributed by atoms with Gasteiger partial charge in [0, 0.05) is 38.3 Å². The highest BCUT2D eigenvalue weighted by Crippen LogP contribution is 2.09. The van der Waals surface area contributed by atoms with Crippen LogP contribution in [0.2, 0.25) is 0 Å². The standard InChI is InChI=1S/C14H19N3O3/c18-12-5-4-11(10-16-12)14(20)15-7-6-13(19)17-8-2-1-3-9-17/h4-5,10H,1-3,6-9H2,(H,15,20)(H,16,18). The molecule has 2 heterocycles.